The van der Waals surface area contributed by atoms with E-state index in [1.54, 1.807) is 54.5 Å². The van der Waals surface area contributed by atoms with Crippen LogP contribution in [0.15, 0.2) is 48.5 Å². The van der Waals surface area contributed by atoms with Gasteiger partial charge in [-0.25, -0.2) is 4.39 Å². The molecule has 5 nitrogen and oxygen atoms in total. The minimum Gasteiger partial charge on any atom is -0.497 e. The monoisotopic (exact) mass is 359 g/mol. The number of rotatable bonds is 5. The largest absolute Gasteiger partial charge is 0.497 e. The van der Waals surface area contributed by atoms with Gasteiger partial charge in [-0.3, -0.25) is 4.79 Å². The first kappa shape index (κ1) is 18.4. The van der Waals surface area contributed by atoms with Crippen molar-refractivity contribution in [2.45, 2.75) is 12.0 Å². The van der Waals surface area contributed by atoms with Gasteiger partial charge in [0.25, 0.3) is 5.91 Å². The normalized spacial score (nSPS) is 20.0. The second-order valence-electron chi connectivity index (χ2n) is 6.41. The van der Waals surface area contributed by atoms with Crippen molar-refractivity contribution in [3.8, 4) is 5.75 Å². The van der Waals surface area contributed by atoms with Crippen LogP contribution in [0.2, 0.25) is 0 Å². The predicted molar refractivity (Wildman–Crippen MR) is 94.8 cm³/mol. The lowest BCUT2D eigenvalue weighted by atomic mass is 9.92. The molecular formula is C20H22FNO4. The second-order valence-corrected chi connectivity index (χ2v) is 6.41. The van der Waals surface area contributed by atoms with Crippen LogP contribution in [0.4, 0.5) is 4.39 Å². The van der Waals surface area contributed by atoms with Crippen molar-refractivity contribution in [2.75, 3.05) is 33.4 Å². The maximum absolute atomic E-state index is 14.0. The maximum atomic E-state index is 14.0. The summed E-state index contributed by atoms with van der Waals surface area (Å²) < 4.78 is 24.9. The first-order valence-corrected chi connectivity index (χ1v) is 8.48. The van der Waals surface area contributed by atoms with Gasteiger partial charge in [-0.05, 0) is 35.9 Å². The lowest BCUT2D eigenvalue weighted by molar-refractivity contribution is -0.123. The molecule has 1 aliphatic rings. The molecule has 1 saturated heterocycles. The van der Waals surface area contributed by atoms with Crippen molar-refractivity contribution in [3.63, 3.8) is 0 Å². The van der Waals surface area contributed by atoms with Crippen molar-refractivity contribution < 1.29 is 23.8 Å². The fourth-order valence-electron chi connectivity index (χ4n) is 3.18. The Morgan fingerprint density at radius 2 is 2.00 bits per heavy atom. The van der Waals surface area contributed by atoms with Crippen LogP contribution < -0.4 is 4.74 Å². The Labute approximate surface area is 152 Å². The number of ether oxygens (including phenoxy) is 2. The van der Waals surface area contributed by atoms with Crippen LogP contribution in [0.5, 0.6) is 5.75 Å². The molecule has 26 heavy (non-hydrogen) atoms. The van der Waals surface area contributed by atoms with Gasteiger partial charge in [0.2, 0.25) is 0 Å². The average Bonchev–Trinajstić information content (AvgIpc) is 2.69. The molecule has 6 heteroatoms. The van der Waals surface area contributed by atoms with Crippen molar-refractivity contribution >= 4 is 5.91 Å². The van der Waals surface area contributed by atoms with E-state index in [9.17, 15) is 14.3 Å². The minimum atomic E-state index is -1.01. The summed E-state index contributed by atoms with van der Waals surface area (Å²) in [7, 11) is 1.57. The number of aliphatic hydroxyl groups excluding tert-OH is 1. The van der Waals surface area contributed by atoms with E-state index < -0.39 is 5.60 Å². The molecule has 1 amide bonds. The lowest BCUT2D eigenvalue weighted by Gasteiger charge is -2.42. The summed E-state index contributed by atoms with van der Waals surface area (Å²) in [5.74, 6) is 0.178. The van der Waals surface area contributed by atoms with Crippen LogP contribution in [0.25, 0.3) is 0 Å². The van der Waals surface area contributed by atoms with Crippen LogP contribution in [-0.2, 0) is 11.2 Å². The van der Waals surface area contributed by atoms with E-state index in [-0.39, 0.29) is 37.9 Å². The van der Waals surface area contributed by atoms with Gasteiger partial charge in [0.05, 0.1) is 26.9 Å². The summed E-state index contributed by atoms with van der Waals surface area (Å²) in [4.78, 5) is 14.4. The second kappa shape index (κ2) is 7.85. The van der Waals surface area contributed by atoms with Crippen molar-refractivity contribution in [1.82, 2.24) is 4.90 Å². The zero-order chi connectivity index (χ0) is 18.6. The lowest BCUT2D eigenvalue weighted by Crippen LogP contribution is -2.56. The summed E-state index contributed by atoms with van der Waals surface area (Å²) in [6, 6.07) is 13.3. The van der Waals surface area contributed by atoms with Crippen molar-refractivity contribution in [1.29, 1.82) is 0 Å². The summed E-state index contributed by atoms with van der Waals surface area (Å²) in [6.07, 6.45) is 0.197. The molecule has 1 N–H and O–H groups in total. The van der Waals surface area contributed by atoms with Gasteiger partial charge >= 0.3 is 0 Å². The van der Waals surface area contributed by atoms with Gasteiger partial charge in [-0.15, -0.1) is 0 Å². The molecule has 138 valence electrons. The molecule has 1 aliphatic heterocycles. The van der Waals surface area contributed by atoms with Crippen LogP contribution in [0.1, 0.15) is 15.9 Å². The summed E-state index contributed by atoms with van der Waals surface area (Å²) in [5, 5.41) is 9.93. The van der Waals surface area contributed by atoms with E-state index in [0.29, 0.717) is 23.4 Å². The number of methoxy groups -OCH3 is 1. The number of hydrogen-bond acceptors (Lipinski definition) is 4. The Balaban J connectivity index is 1.77. The number of morpholine rings is 1. The quantitative estimate of drug-likeness (QED) is 0.890. The summed E-state index contributed by atoms with van der Waals surface area (Å²) in [5.41, 5.74) is -0.0199. The van der Waals surface area contributed by atoms with Crippen LogP contribution in [0, 0.1) is 5.82 Å². The Morgan fingerprint density at radius 1 is 1.27 bits per heavy atom. The molecule has 3 rings (SSSR count). The molecule has 0 aromatic heterocycles. The molecule has 0 radical (unpaired) electrons. The third kappa shape index (κ3) is 3.86. The highest BCUT2D eigenvalue weighted by Gasteiger charge is 2.39. The Kier molecular flexibility index (Phi) is 5.54. The number of halogens is 1. The fraction of sp³-hybridized carbons (Fsp3) is 0.350. The minimum absolute atomic E-state index is 0.151. The van der Waals surface area contributed by atoms with Gasteiger partial charge in [-0.2, -0.15) is 0 Å². The molecule has 1 fully saturated rings. The number of hydrogen-bond donors (Lipinski definition) is 1. The van der Waals surface area contributed by atoms with E-state index in [4.69, 9.17) is 9.47 Å². The number of carbonyl (C=O) groups excluding carboxylic acids is 1. The van der Waals surface area contributed by atoms with E-state index >= 15 is 0 Å². The van der Waals surface area contributed by atoms with Gasteiger partial charge in [0.1, 0.15) is 17.2 Å². The third-order valence-electron chi connectivity index (χ3n) is 4.63. The number of nitrogens with zero attached hydrogens (tertiary/aromatic N) is 1. The molecule has 0 aliphatic carbocycles. The highest BCUT2D eigenvalue weighted by molar-refractivity contribution is 5.94. The first-order valence-electron chi connectivity index (χ1n) is 8.48. The van der Waals surface area contributed by atoms with E-state index in [1.807, 2.05) is 0 Å². The smallest absolute Gasteiger partial charge is 0.254 e. The van der Waals surface area contributed by atoms with Crippen LogP contribution in [0.3, 0.4) is 0 Å². The fourth-order valence-corrected chi connectivity index (χ4v) is 3.18. The highest BCUT2D eigenvalue weighted by atomic mass is 19.1. The molecule has 2 aromatic carbocycles. The topological polar surface area (TPSA) is 59.0 Å². The van der Waals surface area contributed by atoms with Crippen molar-refractivity contribution in [3.05, 3.63) is 65.5 Å². The molecule has 0 saturated carbocycles. The number of aliphatic hydroxyl groups is 1. The van der Waals surface area contributed by atoms with Gasteiger partial charge < -0.3 is 19.5 Å². The SMILES string of the molecule is COc1ccc(C(=O)N2CCOC(CO)(Cc3ccccc3F)C2)cc1. The molecule has 1 atom stereocenters. The Bertz CT molecular complexity index is 765. The van der Waals surface area contributed by atoms with Crippen LogP contribution >= 0.6 is 0 Å². The number of amides is 1. The van der Waals surface area contributed by atoms with Gasteiger partial charge in [0, 0.05) is 18.5 Å². The van der Waals surface area contributed by atoms with Crippen LogP contribution in [-0.4, -0.2) is 54.9 Å². The number of carbonyl (C=O) groups is 1. The molecular weight excluding hydrogens is 337 g/mol. The molecule has 1 unspecified atom stereocenters. The van der Waals surface area contributed by atoms with E-state index in [0.717, 1.165) is 0 Å². The zero-order valence-corrected chi connectivity index (χ0v) is 14.7. The molecule has 2 aromatic rings. The maximum Gasteiger partial charge on any atom is 0.254 e. The Hall–Kier alpha value is -2.44. The van der Waals surface area contributed by atoms with Gasteiger partial charge in [0.15, 0.2) is 0 Å². The molecule has 0 spiro atoms. The first-order chi connectivity index (χ1) is 12.6. The third-order valence-corrected chi connectivity index (χ3v) is 4.63. The summed E-state index contributed by atoms with van der Waals surface area (Å²) in [6.45, 7) is 0.608. The molecule has 1 heterocycles. The van der Waals surface area contributed by atoms with Gasteiger partial charge in [-0.1, -0.05) is 18.2 Å². The number of benzene rings is 2. The van der Waals surface area contributed by atoms with E-state index in [1.165, 1.54) is 6.07 Å². The molecule has 0 bridgehead atoms. The average molecular weight is 359 g/mol. The Morgan fingerprint density at radius 3 is 2.65 bits per heavy atom. The standard InChI is InChI=1S/C20H22FNO4/c1-25-17-8-6-15(7-9-17)19(24)22-10-11-26-20(13-22,14-23)12-16-4-2-3-5-18(16)21/h2-9,23H,10-14H2,1H3. The van der Waals surface area contributed by atoms with E-state index in [2.05, 4.69) is 0 Å². The summed E-state index contributed by atoms with van der Waals surface area (Å²) >= 11 is 0. The highest BCUT2D eigenvalue weighted by Crippen LogP contribution is 2.25. The van der Waals surface area contributed by atoms with Crippen molar-refractivity contribution in [2.24, 2.45) is 0 Å². The predicted octanol–water partition coefficient (Wildman–Crippen LogP) is 2.28. The zero-order valence-electron chi connectivity index (χ0n) is 14.7.